The minimum atomic E-state index is -0.228. The Balaban J connectivity index is 1.37. The standard InChI is InChI=1S/C22H21N3O4/c1-27-19-5-3-2-4-15(19)8-10-24-22(26)18-12-17(9-11-23-18)25-16-6-7-20-21(13-16)29-14-28-20/h2-7,9,11-13H,8,10,14H2,1H3,(H,23,25)(H,24,26). The third-order valence-electron chi connectivity index (χ3n) is 4.53. The molecule has 2 aromatic carbocycles. The van der Waals surface area contributed by atoms with Gasteiger partial charge in [0.05, 0.1) is 7.11 Å². The van der Waals surface area contributed by atoms with Crippen molar-refractivity contribution in [2.75, 3.05) is 25.8 Å². The number of para-hydroxylation sites is 1. The maximum absolute atomic E-state index is 12.5. The molecule has 0 unspecified atom stereocenters. The lowest BCUT2D eigenvalue weighted by Gasteiger charge is -2.10. The zero-order valence-corrected chi connectivity index (χ0v) is 16.0. The van der Waals surface area contributed by atoms with Crippen LogP contribution in [-0.2, 0) is 6.42 Å². The highest BCUT2D eigenvalue weighted by atomic mass is 16.7. The van der Waals surface area contributed by atoms with Gasteiger partial charge in [-0.25, -0.2) is 0 Å². The number of amides is 1. The fourth-order valence-corrected chi connectivity index (χ4v) is 3.08. The van der Waals surface area contributed by atoms with Crippen molar-refractivity contribution in [1.82, 2.24) is 10.3 Å². The number of hydrogen-bond donors (Lipinski definition) is 2. The Labute approximate surface area is 168 Å². The lowest BCUT2D eigenvalue weighted by Crippen LogP contribution is -2.26. The Morgan fingerprint density at radius 2 is 1.90 bits per heavy atom. The summed E-state index contributed by atoms with van der Waals surface area (Å²) in [6.45, 7) is 0.716. The topological polar surface area (TPSA) is 81.7 Å². The monoisotopic (exact) mass is 391 g/mol. The van der Waals surface area contributed by atoms with E-state index in [-0.39, 0.29) is 12.7 Å². The summed E-state index contributed by atoms with van der Waals surface area (Å²) in [5.41, 5.74) is 2.98. The maximum atomic E-state index is 12.5. The van der Waals surface area contributed by atoms with Gasteiger partial charge in [-0.3, -0.25) is 9.78 Å². The van der Waals surface area contributed by atoms with Crippen molar-refractivity contribution in [3.05, 3.63) is 72.1 Å². The molecule has 0 saturated heterocycles. The number of carbonyl (C=O) groups is 1. The number of methoxy groups -OCH3 is 1. The zero-order valence-electron chi connectivity index (χ0n) is 16.0. The number of pyridine rings is 1. The number of ether oxygens (including phenoxy) is 3. The Hall–Kier alpha value is -3.74. The molecule has 7 nitrogen and oxygen atoms in total. The van der Waals surface area contributed by atoms with Crippen molar-refractivity contribution in [2.24, 2.45) is 0 Å². The molecule has 29 heavy (non-hydrogen) atoms. The van der Waals surface area contributed by atoms with E-state index in [0.717, 1.165) is 28.4 Å². The van der Waals surface area contributed by atoms with Crippen LogP contribution in [0.15, 0.2) is 60.8 Å². The van der Waals surface area contributed by atoms with Crippen molar-refractivity contribution in [1.29, 1.82) is 0 Å². The average Bonchev–Trinajstić information content (AvgIpc) is 3.22. The molecule has 0 saturated carbocycles. The number of nitrogens with zero attached hydrogens (tertiary/aromatic N) is 1. The van der Waals surface area contributed by atoms with Crippen LogP contribution in [0.2, 0.25) is 0 Å². The molecule has 1 aliphatic rings. The quantitative estimate of drug-likeness (QED) is 0.641. The molecule has 1 amide bonds. The van der Waals surface area contributed by atoms with E-state index in [9.17, 15) is 4.79 Å². The number of benzene rings is 2. The van der Waals surface area contributed by atoms with Crippen LogP contribution in [0, 0.1) is 0 Å². The van der Waals surface area contributed by atoms with Crippen LogP contribution in [0.1, 0.15) is 16.1 Å². The highest BCUT2D eigenvalue weighted by Gasteiger charge is 2.14. The first-order valence-corrected chi connectivity index (χ1v) is 9.26. The lowest BCUT2D eigenvalue weighted by molar-refractivity contribution is 0.0949. The number of rotatable bonds is 7. The fraction of sp³-hybridized carbons (Fsp3) is 0.182. The Kier molecular flexibility index (Phi) is 5.47. The van der Waals surface area contributed by atoms with E-state index in [0.29, 0.717) is 24.4 Å². The first-order valence-electron chi connectivity index (χ1n) is 9.26. The first-order chi connectivity index (χ1) is 14.2. The molecule has 148 valence electrons. The van der Waals surface area contributed by atoms with Crippen molar-refractivity contribution in [2.45, 2.75) is 6.42 Å². The van der Waals surface area contributed by atoms with Gasteiger partial charge in [-0.05, 0) is 42.3 Å². The lowest BCUT2D eigenvalue weighted by atomic mass is 10.1. The summed E-state index contributed by atoms with van der Waals surface area (Å²) in [5.74, 6) is 2.00. The van der Waals surface area contributed by atoms with Gasteiger partial charge in [0.15, 0.2) is 11.5 Å². The van der Waals surface area contributed by atoms with E-state index in [1.54, 1.807) is 25.4 Å². The Morgan fingerprint density at radius 1 is 1.07 bits per heavy atom. The van der Waals surface area contributed by atoms with E-state index >= 15 is 0 Å². The summed E-state index contributed by atoms with van der Waals surface area (Å²) >= 11 is 0. The molecule has 0 atom stereocenters. The second-order valence-corrected chi connectivity index (χ2v) is 6.44. The van der Waals surface area contributed by atoms with Crippen molar-refractivity contribution in [3.63, 3.8) is 0 Å². The number of nitrogens with one attached hydrogen (secondary N) is 2. The molecular weight excluding hydrogens is 370 g/mol. The van der Waals surface area contributed by atoms with Gasteiger partial charge < -0.3 is 24.8 Å². The Bertz CT molecular complexity index is 1020. The molecule has 2 heterocycles. The minimum absolute atomic E-state index is 0.228. The SMILES string of the molecule is COc1ccccc1CCNC(=O)c1cc(Nc2ccc3c(c2)OCO3)ccn1. The molecule has 0 fully saturated rings. The number of carbonyl (C=O) groups excluding carboxylic acids is 1. The summed E-state index contributed by atoms with van der Waals surface area (Å²) in [6, 6.07) is 16.9. The first kappa shape index (κ1) is 18.6. The molecule has 4 rings (SSSR count). The predicted molar refractivity (Wildman–Crippen MR) is 109 cm³/mol. The third kappa shape index (κ3) is 4.40. The van der Waals surface area contributed by atoms with Crippen LogP contribution < -0.4 is 24.8 Å². The van der Waals surface area contributed by atoms with Gasteiger partial charge in [0.1, 0.15) is 11.4 Å². The van der Waals surface area contributed by atoms with Crippen molar-refractivity contribution < 1.29 is 19.0 Å². The highest BCUT2D eigenvalue weighted by Crippen LogP contribution is 2.35. The predicted octanol–water partition coefficient (Wildman–Crippen LogP) is 3.54. The van der Waals surface area contributed by atoms with Gasteiger partial charge in [-0.1, -0.05) is 18.2 Å². The van der Waals surface area contributed by atoms with Crippen LogP contribution in [0.5, 0.6) is 17.2 Å². The van der Waals surface area contributed by atoms with Gasteiger partial charge in [0.2, 0.25) is 6.79 Å². The molecule has 0 radical (unpaired) electrons. The van der Waals surface area contributed by atoms with Crippen LogP contribution in [-0.4, -0.2) is 31.3 Å². The van der Waals surface area contributed by atoms with Gasteiger partial charge in [0.25, 0.3) is 5.91 Å². The Morgan fingerprint density at radius 3 is 2.79 bits per heavy atom. The van der Waals surface area contributed by atoms with Crippen molar-refractivity contribution in [3.8, 4) is 17.2 Å². The summed E-state index contributed by atoms with van der Waals surface area (Å²) < 4.78 is 16.0. The van der Waals surface area contributed by atoms with Gasteiger partial charge in [-0.15, -0.1) is 0 Å². The molecule has 0 spiro atoms. The largest absolute Gasteiger partial charge is 0.496 e. The second-order valence-electron chi connectivity index (χ2n) is 6.44. The number of fused-ring (bicyclic) bond motifs is 1. The normalized spacial score (nSPS) is 11.8. The minimum Gasteiger partial charge on any atom is -0.496 e. The van der Waals surface area contributed by atoms with E-state index in [2.05, 4.69) is 15.6 Å². The van der Waals surface area contributed by atoms with E-state index < -0.39 is 0 Å². The molecule has 2 N–H and O–H groups in total. The summed E-state index contributed by atoms with van der Waals surface area (Å²) in [4.78, 5) is 16.7. The summed E-state index contributed by atoms with van der Waals surface area (Å²) in [5, 5.41) is 6.16. The summed E-state index contributed by atoms with van der Waals surface area (Å²) in [7, 11) is 1.64. The van der Waals surface area contributed by atoms with Gasteiger partial charge in [0, 0.05) is 30.2 Å². The van der Waals surface area contributed by atoms with E-state index in [1.807, 2.05) is 42.5 Å². The maximum Gasteiger partial charge on any atom is 0.269 e. The molecule has 7 heteroatoms. The smallest absolute Gasteiger partial charge is 0.269 e. The molecule has 3 aromatic rings. The van der Waals surface area contributed by atoms with Crippen LogP contribution in [0.3, 0.4) is 0 Å². The number of aromatic nitrogens is 1. The third-order valence-corrected chi connectivity index (χ3v) is 4.53. The molecule has 1 aliphatic heterocycles. The van der Waals surface area contributed by atoms with Gasteiger partial charge in [-0.2, -0.15) is 0 Å². The molecule has 1 aromatic heterocycles. The highest BCUT2D eigenvalue weighted by molar-refractivity contribution is 5.93. The fourth-order valence-electron chi connectivity index (χ4n) is 3.08. The molecule has 0 aliphatic carbocycles. The van der Waals surface area contributed by atoms with Crippen LogP contribution >= 0.6 is 0 Å². The van der Waals surface area contributed by atoms with Crippen LogP contribution in [0.4, 0.5) is 11.4 Å². The summed E-state index contributed by atoms with van der Waals surface area (Å²) in [6.07, 6.45) is 2.27. The van der Waals surface area contributed by atoms with E-state index in [4.69, 9.17) is 14.2 Å². The average molecular weight is 391 g/mol. The molecule has 0 bridgehead atoms. The second kappa shape index (κ2) is 8.52. The van der Waals surface area contributed by atoms with Gasteiger partial charge >= 0.3 is 0 Å². The number of anilines is 2. The van der Waals surface area contributed by atoms with Crippen LogP contribution in [0.25, 0.3) is 0 Å². The number of hydrogen-bond acceptors (Lipinski definition) is 6. The van der Waals surface area contributed by atoms with Crippen molar-refractivity contribution >= 4 is 17.3 Å². The van der Waals surface area contributed by atoms with E-state index in [1.165, 1.54) is 0 Å². The molecular formula is C22H21N3O4. The zero-order chi connectivity index (χ0) is 20.1.